The minimum absolute atomic E-state index is 0.0598. The molecule has 0 amide bonds. The number of nitrogens with zero attached hydrogens (tertiary/aromatic N) is 1. The van der Waals surface area contributed by atoms with Crippen molar-refractivity contribution < 1.29 is 23.5 Å². The molecule has 168 valence electrons. The Balaban J connectivity index is 1.49. The van der Waals surface area contributed by atoms with Crippen LogP contribution < -0.4 is 9.47 Å². The molecule has 1 heterocycles. The third kappa shape index (κ3) is 6.06. The minimum atomic E-state index is -0.145. The molecule has 0 saturated carbocycles. The van der Waals surface area contributed by atoms with E-state index in [1.165, 1.54) is 0 Å². The zero-order chi connectivity index (χ0) is 23.1. The van der Waals surface area contributed by atoms with Gasteiger partial charge in [-0.3, -0.25) is 9.59 Å². The molecule has 0 aliphatic carbocycles. The van der Waals surface area contributed by atoms with Gasteiger partial charge in [0.25, 0.3) is 0 Å². The van der Waals surface area contributed by atoms with E-state index in [4.69, 9.17) is 13.9 Å². The van der Waals surface area contributed by atoms with Crippen LogP contribution in [-0.4, -0.2) is 30.8 Å². The van der Waals surface area contributed by atoms with Gasteiger partial charge in [-0.05, 0) is 56.5 Å². The van der Waals surface area contributed by atoms with Crippen molar-refractivity contribution in [1.29, 1.82) is 0 Å². The molecule has 0 atom stereocenters. The van der Waals surface area contributed by atoms with E-state index in [2.05, 4.69) is 4.98 Å². The van der Waals surface area contributed by atoms with Gasteiger partial charge in [-0.1, -0.05) is 23.8 Å². The van der Waals surface area contributed by atoms with Crippen LogP contribution in [0.4, 0.5) is 0 Å². The van der Waals surface area contributed by atoms with Crippen LogP contribution in [0, 0.1) is 13.8 Å². The minimum Gasteiger partial charge on any atom is -0.493 e. The number of oxazole rings is 1. The zero-order valence-corrected chi connectivity index (χ0v) is 19.1. The summed E-state index contributed by atoms with van der Waals surface area (Å²) >= 11 is 0. The van der Waals surface area contributed by atoms with Crippen molar-refractivity contribution in [1.82, 2.24) is 4.98 Å². The van der Waals surface area contributed by atoms with Crippen LogP contribution in [0.1, 0.15) is 41.8 Å². The summed E-state index contributed by atoms with van der Waals surface area (Å²) < 4.78 is 16.3. The maximum Gasteiger partial charge on any atom is 0.226 e. The Hall–Kier alpha value is -3.41. The molecule has 0 bridgehead atoms. The van der Waals surface area contributed by atoms with Crippen molar-refractivity contribution in [2.45, 2.75) is 46.0 Å². The number of hydrogen-bond donors (Lipinski definition) is 0. The van der Waals surface area contributed by atoms with Gasteiger partial charge < -0.3 is 13.9 Å². The first-order chi connectivity index (χ1) is 15.4. The van der Waals surface area contributed by atoms with Gasteiger partial charge in [0.05, 0.1) is 32.8 Å². The average Bonchev–Trinajstić information content (AvgIpc) is 3.13. The second-order valence-electron chi connectivity index (χ2n) is 7.86. The monoisotopic (exact) mass is 435 g/mol. The highest BCUT2D eigenvalue weighted by Gasteiger charge is 2.17. The number of carbonyl (C=O) groups excluding carboxylic acids is 2. The highest BCUT2D eigenvalue weighted by Crippen LogP contribution is 2.28. The molecule has 0 aliphatic heterocycles. The molecular formula is C26H29NO5. The number of rotatable bonds is 11. The highest BCUT2D eigenvalue weighted by atomic mass is 16.5. The topological polar surface area (TPSA) is 78.6 Å². The Morgan fingerprint density at radius 1 is 0.938 bits per heavy atom. The predicted molar refractivity (Wildman–Crippen MR) is 122 cm³/mol. The number of methoxy groups -OCH3 is 2. The molecule has 2 aromatic carbocycles. The van der Waals surface area contributed by atoms with E-state index in [1.54, 1.807) is 21.1 Å². The fraction of sp³-hybridized carbons (Fsp3) is 0.346. The molecule has 6 nitrogen and oxygen atoms in total. The number of aryl methyl sites for hydroxylation is 3. The number of hydrogen-bond acceptors (Lipinski definition) is 6. The van der Waals surface area contributed by atoms with E-state index in [1.807, 2.05) is 49.4 Å². The van der Waals surface area contributed by atoms with E-state index >= 15 is 0 Å². The van der Waals surface area contributed by atoms with Gasteiger partial charge in [0.15, 0.2) is 11.5 Å². The third-order valence-electron chi connectivity index (χ3n) is 5.32. The average molecular weight is 436 g/mol. The van der Waals surface area contributed by atoms with Crippen molar-refractivity contribution in [3.05, 3.63) is 65.0 Å². The zero-order valence-electron chi connectivity index (χ0n) is 19.1. The summed E-state index contributed by atoms with van der Waals surface area (Å²) in [5, 5.41) is 0. The van der Waals surface area contributed by atoms with E-state index in [0.717, 1.165) is 23.1 Å². The molecule has 0 saturated heterocycles. The largest absolute Gasteiger partial charge is 0.493 e. The molecule has 3 rings (SSSR count). The number of carbonyl (C=O) groups is 2. The van der Waals surface area contributed by atoms with Crippen LogP contribution >= 0.6 is 0 Å². The first-order valence-corrected chi connectivity index (χ1v) is 10.7. The smallest absolute Gasteiger partial charge is 0.226 e. The van der Waals surface area contributed by atoms with E-state index in [9.17, 15) is 9.59 Å². The van der Waals surface area contributed by atoms with Gasteiger partial charge in [-0.2, -0.15) is 0 Å². The first kappa shape index (κ1) is 23.3. The lowest BCUT2D eigenvalue weighted by molar-refractivity contribution is -0.126. The molecule has 0 N–H and O–H groups in total. The Morgan fingerprint density at radius 2 is 1.66 bits per heavy atom. The van der Waals surface area contributed by atoms with Gasteiger partial charge in [0.2, 0.25) is 5.89 Å². The summed E-state index contributed by atoms with van der Waals surface area (Å²) in [6.07, 6.45) is 1.76. The van der Waals surface area contributed by atoms with E-state index in [0.29, 0.717) is 41.7 Å². The van der Waals surface area contributed by atoms with Crippen LogP contribution in [0.25, 0.3) is 11.5 Å². The SMILES string of the molecule is COc1ccc(CCCC(=O)CC(=O)Cc2nc(-c3ccc(C)cc3)oc2C)cc1OC. The molecule has 1 aromatic heterocycles. The summed E-state index contributed by atoms with van der Waals surface area (Å²) in [5.41, 5.74) is 3.66. The molecule has 0 radical (unpaired) electrons. The van der Waals surface area contributed by atoms with Crippen LogP contribution in [-0.2, 0) is 22.4 Å². The Morgan fingerprint density at radius 3 is 2.34 bits per heavy atom. The quantitative estimate of drug-likeness (QED) is 0.391. The number of Topliss-reactive ketones (excluding diaryl/α,β-unsaturated/α-hetero) is 2. The van der Waals surface area contributed by atoms with Gasteiger partial charge in [-0.25, -0.2) is 4.98 Å². The Kier molecular flexibility index (Phi) is 7.82. The Bertz CT molecular complexity index is 1080. The van der Waals surface area contributed by atoms with Crippen molar-refractivity contribution in [2.75, 3.05) is 14.2 Å². The standard InChI is InChI=1S/C26H29NO5/c1-17-8-11-20(12-9-17)26-27-23(18(2)32-26)16-22(29)15-21(28)7-5-6-19-10-13-24(30-3)25(14-19)31-4/h8-14H,5-7,15-16H2,1-4H3. The van der Waals surface area contributed by atoms with Gasteiger partial charge in [0, 0.05) is 12.0 Å². The lowest BCUT2D eigenvalue weighted by Crippen LogP contribution is -2.11. The number of ketones is 2. The molecule has 0 spiro atoms. The molecule has 0 unspecified atom stereocenters. The fourth-order valence-corrected chi connectivity index (χ4v) is 3.50. The maximum atomic E-state index is 12.4. The fourth-order valence-electron chi connectivity index (χ4n) is 3.50. The first-order valence-electron chi connectivity index (χ1n) is 10.7. The van der Waals surface area contributed by atoms with Crippen molar-refractivity contribution in [2.24, 2.45) is 0 Å². The molecule has 0 aliphatic rings. The molecular weight excluding hydrogens is 406 g/mol. The van der Waals surface area contributed by atoms with Crippen LogP contribution in [0.2, 0.25) is 0 Å². The summed E-state index contributed by atoms with van der Waals surface area (Å²) in [6, 6.07) is 13.6. The van der Waals surface area contributed by atoms with Crippen LogP contribution in [0.5, 0.6) is 11.5 Å². The molecule has 32 heavy (non-hydrogen) atoms. The van der Waals surface area contributed by atoms with Gasteiger partial charge in [-0.15, -0.1) is 0 Å². The predicted octanol–water partition coefficient (Wildman–Crippen LogP) is 5.07. The van der Waals surface area contributed by atoms with Crippen molar-refractivity contribution in [3.8, 4) is 23.0 Å². The number of benzene rings is 2. The normalized spacial score (nSPS) is 10.8. The summed E-state index contributed by atoms with van der Waals surface area (Å²) in [4.78, 5) is 29.2. The maximum absolute atomic E-state index is 12.4. The Labute approximate surface area is 188 Å². The third-order valence-corrected chi connectivity index (χ3v) is 5.32. The van der Waals surface area contributed by atoms with Gasteiger partial charge >= 0.3 is 0 Å². The van der Waals surface area contributed by atoms with Gasteiger partial charge in [0.1, 0.15) is 17.3 Å². The summed E-state index contributed by atoms with van der Waals surface area (Å²) in [6.45, 7) is 3.80. The summed E-state index contributed by atoms with van der Waals surface area (Å²) in [5.74, 6) is 2.23. The second kappa shape index (κ2) is 10.8. The van der Waals surface area contributed by atoms with Crippen LogP contribution in [0.3, 0.4) is 0 Å². The molecule has 6 heteroatoms. The molecule has 3 aromatic rings. The van der Waals surface area contributed by atoms with Crippen molar-refractivity contribution >= 4 is 11.6 Å². The lowest BCUT2D eigenvalue weighted by atomic mass is 10.0. The number of aromatic nitrogens is 1. The van der Waals surface area contributed by atoms with E-state index in [-0.39, 0.29) is 24.4 Å². The second-order valence-corrected chi connectivity index (χ2v) is 7.86. The van der Waals surface area contributed by atoms with E-state index < -0.39 is 0 Å². The summed E-state index contributed by atoms with van der Waals surface area (Å²) in [7, 11) is 3.19. The van der Waals surface area contributed by atoms with Crippen molar-refractivity contribution in [3.63, 3.8) is 0 Å². The lowest BCUT2D eigenvalue weighted by Gasteiger charge is -2.09. The molecule has 0 fully saturated rings. The highest BCUT2D eigenvalue weighted by molar-refractivity contribution is 5.99. The number of ether oxygens (including phenoxy) is 2. The van der Waals surface area contributed by atoms with Crippen LogP contribution in [0.15, 0.2) is 46.9 Å².